The van der Waals surface area contributed by atoms with Gasteiger partial charge in [-0.1, -0.05) is 36.4 Å². The summed E-state index contributed by atoms with van der Waals surface area (Å²) >= 11 is 1.51. The summed E-state index contributed by atoms with van der Waals surface area (Å²) in [5.41, 5.74) is 4.99. The number of nitrogens with one attached hydrogen (secondary N) is 3. The molecule has 0 aliphatic heterocycles. The Balaban J connectivity index is 1.44. The van der Waals surface area contributed by atoms with Gasteiger partial charge in [0.05, 0.1) is 22.5 Å². The van der Waals surface area contributed by atoms with Crippen LogP contribution in [0.1, 0.15) is 37.5 Å². The fraction of sp³-hybridized carbons (Fsp3) is 0.143. The van der Waals surface area contributed by atoms with E-state index in [0.717, 1.165) is 32.6 Å². The molecule has 0 radical (unpaired) electrons. The quantitative estimate of drug-likeness (QED) is 0.266. The molecule has 0 aliphatic rings. The SMILES string of the molecule is Cc1ccccc1Nc1ncc(C(=O)NCc2cn(C)nc2C)cc1NC(=O)c1csc2ccccc12. The second kappa shape index (κ2) is 10.2. The van der Waals surface area contributed by atoms with Crippen LogP contribution in [-0.2, 0) is 13.6 Å². The van der Waals surface area contributed by atoms with Crippen molar-refractivity contribution in [3.63, 3.8) is 0 Å². The number of pyridine rings is 1. The third-order valence-electron chi connectivity index (χ3n) is 6.08. The lowest BCUT2D eigenvalue weighted by molar-refractivity contribution is 0.0949. The average molecular weight is 511 g/mol. The molecule has 5 rings (SSSR count). The summed E-state index contributed by atoms with van der Waals surface area (Å²) in [4.78, 5) is 30.8. The summed E-state index contributed by atoms with van der Waals surface area (Å²) < 4.78 is 2.74. The van der Waals surface area contributed by atoms with Gasteiger partial charge in [0.15, 0.2) is 5.82 Å². The fourth-order valence-corrected chi connectivity index (χ4v) is 5.01. The molecule has 0 fully saturated rings. The second-order valence-electron chi connectivity index (χ2n) is 8.76. The maximum atomic E-state index is 13.3. The van der Waals surface area contributed by atoms with E-state index in [2.05, 4.69) is 26.0 Å². The van der Waals surface area contributed by atoms with Crippen LogP contribution < -0.4 is 16.0 Å². The number of hydrogen-bond donors (Lipinski definition) is 3. The summed E-state index contributed by atoms with van der Waals surface area (Å²) in [6, 6.07) is 17.2. The molecule has 186 valence electrons. The molecule has 0 bridgehead atoms. The number of amides is 2. The largest absolute Gasteiger partial charge is 0.348 e. The Morgan fingerprint density at radius 2 is 1.78 bits per heavy atom. The number of carbonyl (C=O) groups excluding carboxylic acids is 2. The zero-order valence-corrected chi connectivity index (χ0v) is 21.5. The Hall–Kier alpha value is -4.50. The Morgan fingerprint density at radius 3 is 2.57 bits per heavy atom. The normalized spacial score (nSPS) is 10.9. The molecule has 3 N–H and O–H groups in total. The second-order valence-corrected chi connectivity index (χ2v) is 9.67. The molecule has 2 aromatic carbocycles. The highest BCUT2D eigenvalue weighted by atomic mass is 32.1. The zero-order valence-electron chi connectivity index (χ0n) is 20.7. The highest BCUT2D eigenvalue weighted by Crippen LogP contribution is 2.29. The lowest BCUT2D eigenvalue weighted by Crippen LogP contribution is -2.23. The molecule has 37 heavy (non-hydrogen) atoms. The minimum absolute atomic E-state index is 0.268. The Kier molecular flexibility index (Phi) is 6.70. The lowest BCUT2D eigenvalue weighted by atomic mass is 10.1. The highest BCUT2D eigenvalue weighted by molar-refractivity contribution is 7.17. The molecule has 9 heteroatoms. The van der Waals surface area contributed by atoms with Crippen molar-refractivity contribution < 1.29 is 9.59 Å². The lowest BCUT2D eigenvalue weighted by Gasteiger charge is -2.15. The van der Waals surface area contributed by atoms with E-state index in [0.29, 0.717) is 29.2 Å². The number of benzene rings is 2. The molecular formula is C28H26N6O2S. The molecule has 3 heterocycles. The van der Waals surface area contributed by atoms with Crippen molar-refractivity contribution in [2.24, 2.45) is 7.05 Å². The maximum absolute atomic E-state index is 13.3. The van der Waals surface area contributed by atoms with Gasteiger partial charge in [-0.3, -0.25) is 14.3 Å². The summed E-state index contributed by atoms with van der Waals surface area (Å²) in [6.45, 7) is 4.22. The van der Waals surface area contributed by atoms with E-state index >= 15 is 0 Å². The minimum atomic E-state index is -0.297. The first-order valence-corrected chi connectivity index (χ1v) is 12.6. The van der Waals surface area contributed by atoms with Gasteiger partial charge < -0.3 is 16.0 Å². The molecule has 0 unspecified atom stereocenters. The number of rotatable bonds is 7. The van der Waals surface area contributed by atoms with Crippen LogP contribution in [0.4, 0.5) is 17.2 Å². The third-order valence-corrected chi connectivity index (χ3v) is 7.04. The monoisotopic (exact) mass is 510 g/mol. The number of hydrogen-bond acceptors (Lipinski definition) is 6. The van der Waals surface area contributed by atoms with Crippen molar-refractivity contribution in [3.8, 4) is 0 Å². The van der Waals surface area contributed by atoms with Crippen molar-refractivity contribution in [3.05, 3.63) is 100 Å². The van der Waals surface area contributed by atoms with Gasteiger partial charge in [0, 0.05) is 52.7 Å². The topological polar surface area (TPSA) is 101 Å². The predicted octanol–water partition coefficient (Wildman–Crippen LogP) is 5.57. The van der Waals surface area contributed by atoms with Crippen molar-refractivity contribution in [2.45, 2.75) is 20.4 Å². The van der Waals surface area contributed by atoms with E-state index in [9.17, 15) is 9.59 Å². The molecule has 0 saturated heterocycles. The number of anilines is 3. The van der Waals surface area contributed by atoms with E-state index in [1.54, 1.807) is 10.7 Å². The van der Waals surface area contributed by atoms with Crippen LogP contribution in [0.25, 0.3) is 10.1 Å². The van der Waals surface area contributed by atoms with Gasteiger partial charge in [-0.05, 0) is 37.6 Å². The van der Waals surface area contributed by atoms with Crippen LogP contribution >= 0.6 is 11.3 Å². The van der Waals surface area contributed by atoms with Gasteiger partial charge in [0.25, 0.3) is 11.8 Å². The fourth-order valence-electron chi connectivity index (χ4n) is 4.07. The first kappa shape index (κ1) is 24.2. The molecule has 8 nitrogen and oxygen atoms in total. The average Bonchev–Trinajstić information content (AvgIpc) is 3.47. The molecule has 2 amide bonds. The first-order valence-electron chi connectivity index (χ1n) is 11.8. The first-order chi connectivity index (χ1) is 17.9. The Morgan fingerprint density at radius 1 is 1.00 bits per heavy atom. The van der Waals surface area contributed by atoms with Gasteiger partial charge in [0.1, 0.15) is 0 Å². The molecule has 0 aliphatic carbocycles. The van der Waals surface area contributed by atoms with Crippen LogP contribution in [0.3, 0.4) is 0 Å². The standard InChI is InChI=1S/C28H26N6O2S/c1-17-8-4-6-10-23(17)31-26-24(32-28(36)22-16-37-25-11-7-5-9-21(22)25)12-19(13-29-26)27(35)30-14-20-15-34(3)33-18(20)2/h4-13,15-16H,14H2,1-3H3,(H,29,31)(H,30,35)(H,32,36). The molecular weight excluding hydrogens is 484 g/mol. The number of thiophene rings is 1. The van der Waals surface area contributed by atoms with Crippen LogP contribution in [-0.4, -0.2) is 26.6 Å². The van der Waals surface area contributed by atoms with Crippen molar-refractivity contribution >= 4 is 50.4 Å². The van der Waals surface area contributed by atoms with Crippen LogP contribution in [0.2, 0.25) is 0 Å². The summed E-state index contributed by atoms with van der Waals surface area (Å²) in [5.74, 6) is -0.118. The highest BCUT2D eigenvalue weighted by Gasteiger charge is 2.18. The smallest absolute Gasteiger partial charge is 0.257 e. The van der Waals surface area contributed by atoms with Gasteiger partial charge in [-0.15, -0.1) is 11.3 Å². The Bertz CT molecular complexity index is 1620. The number of fused-ring (bicyclic) bond motifs is 1. The van der Waals surface area contributed by atoms with Crippen molar-refractivity contribution in [2.75, 3.05) is 10.6 Å². The number of nitrogens with zero attached hydrogens (tertiary/aromatic N) is 3. The maximum Gasteiger partial charge on any atom is 0.257 e. The van der Waals surface area contributed by atoms with Crippen molar-refractivity contribution in [1.29, 1.82) is 0 Å². The van der Waals surface area contributed by atoms with E-state index in [4.69, 9.17) is 0 Å². The molecule has 0 saturated carbocycles. The molecule has 5 aromatic rings. The number of para-hydroxylation sites is 1. The van der Waals surface area contributed by atoms with Crippen LogP contribution in [0.15, 0.2) is 72.4 Å². The molecule has 0 spiro atoms. The molecule has 0 atom stereocenters. The van der Waals surface area contributed by atoms with E-state index < -0.39 is 0 Å². The summed E-state index contributed by atoms with van der Waals surface area (Å²) in [5, 5.41) is 16.2. The van der Waals surface area contributed by atoms with Crippen LogP contribution in [0, 0.1) is 13.8 Å². The van der Waals surface area contributed by atoms with E-state index in [1.807, 2.05) is 81.0 Å². The van der Waals surface area contributed by atoms with Gasteiger partial charge in [-0.2, -0.15) is 5.10 Å². The van der Waals surface area contributed by atoms with Gasteiger partial charge >= 0.3 is 0 Å². The number of aromatic nitrogens is 3. The predicted molar refractivity (Wildman–Crippen MR) is 148 cm³/mol. The summed E-state index contributed by atoms with van der Waals surface area (Å²) in [6.07, 6.45) is 3.38. The number of carbonyl (C=O) groups is 2. The number of aryl methyl sites for hydroxylation is 3. The van der Waals surface area contributed by atoms with Crippen LogP contribution in [0.5, 0.6) is 0 Å². The zero-order chi connectivity index (χ0) is 25.9. The van der Waals surface area contributed by atoms with Crippen molar-refractivity contribution in [1.82, 2.24) is 20.1 Å². The van der Waals surface area contributed by atoms with Gasteiger partial charge in [0.2, 0.25) is 0 Å². The minimum Gasteiger partial charge on any atom is -0.348 e. The van der Waals surface area contributed by atoms with E-state index in [-0.39, 0.29) is 11.8 Å². The van der Waals surface area contributed by atoms with E-state index in [1.165, 1.54) is 17.5 Å². The summed E-state index contributed by atoms with van der Waals surface area (Å²) in [7, 11) is 1.84. The Labute approximate surface area is 218 Å². The molecule has 3 aromatic heterocycles. The third kappa shape index (κ3) is 5.22. The van der Waals surface area contributed by atoms with Gasteiger partial charge in [-0.25, -0.2) is 4.98 Å².